The van der Waals surface area contributed by atoms with Crippen molar-refractivity contribution in [2.24, 2.45) is 7.05 Å². The van der Waals surface area contributed by atoms with E-state index in [0.717, 1.165) is 6.42 Å². The van der Waals surface area contributed by atoms with Gasteiger partial charge in [-0.25, -0.2) is 0 Å². The van der Waals surface area contributed by atoms with Gasteiger partial charge in [-0.15, -0.1) is 0 Å². The molecule has 0 N–H and O–H groups in total. The molecule has 0 atom stereocenters. The SMILES string of the molecule is Cn1ccc(C2=CC=CC2)c1. The highest BCUT2D eigenvalue weighted by molar-refractivity contribution is 5.70. The Bertz CT molecular complexity index is 315. The highest BCUT2D eigenvalue weighted by atomic mass is 14.9. The molecule has 1 aliphatic carbocycles. The first kappa shape index (κ1) is 6.47. The highest BCUT2D eigenvalue weighted by Gasteiger charge is 2.02. The van der Waals surface area contributed by atoms with Gasteiger partial charge in [0.15, 0.2) is 0 Å². The first-order valence-corrected chi connectivity index (χ1v) is 3.84. The lowest BCUT2D eigenvalue weighted by Crippen LogP contribution is -1.79. The third-order valence-corrected chi connectivity index (χ3v) is 1.97. The van der Waals surface area contributed by atoms with Crippen LogP contribution in [0.2, 0.25) is 0 Å². The lowest BCUT2D eigenvalue weighted by molar-refractivity contribution is 0.926. The van der Waals surface area contributed by atoms with Gasteiger partial charge in [0.1, 0.15) is 0 Å². The van der Waals surface area contributed by atoms with Gasteiger partial charge in [0.05, 0.1) is 0 Å². The summed E-state index contributed by atoms with van der Waals surface area (Å²) in [7, 11) is 2.05. The molecule has 1 heterocycles. The summed E-state index contributed by atoms with van der Waals surface area (Å²) in [4.78, 5) is 0. The maximum Gasteiger partial charge on any atom is 0.0107 e. The summed E-state index contributed by atoms with van der Waals surface area (Å²) in [6.45, 7) is 0. The molecule has 0 unspecified atom stereocenters. The minimum Gasteiger partial charge on any atom is -0.357 e. The molecule has 0 fully saturated rings. The van der Waals surface area contributed by atoms with E-state index in [2.05, 4.69) is 41.3 Å². The van der Waals surface area contributed by atoms with Gasteiger partial charge in [-0.3, -0.25) is 0 Å². The van der Waals surface area contributed by atoms with E-state index in [9.17, 15) is 0 Å². The van der Waals surface area contributed by atoms with Crippen LogP contribution in [0.5, 0.6) is 0 Å². The molecule has 0 bridgehead atoms. The Morgan fingerprint density at radius 3 is 2.91 bits per heavy atom. The molecule has 1 heteroatoms. The van der Waals surface area contributed by atoms with Crippen molar-refractivity contribution in [2.75, 3.05) is 0 Å². The Morgan fingerprint density at radius 1 is 1.45 bits per heavy atom. The molecule has 1 aromatic rings. The highest BCUT2D eigenvalue weighted by Crippen LogP contribution is 2.22. The molecule has 0 spiro atoms. The lowest BCUT2D eigenvalue weighted by atomic mass is 10.1. The second-order valence-corrected chi connectivity index (χ2v) is 2.89. The number of hydrogen-bond acceptors (Lipinski definition) is 0. The minimum atomic E-state index is 1.09. The average Bonchev–Trinajstić information content (AvgIpc) is 2.55. The second kappa shape index (κ2) is 2.42. The molecule has 2 rings (SSSR count). The predicted molar refractivity (Wildman–Crippen MR) is 47.1 cm³/mol. The fourth-order valence-electron chi connectivity index (χ4n) is 1.35. The number of nitrogens with zero attached hydrogens (tertiary/aromatic N) is 1. The summed E-state index contributed by atoms with van der Waals surface area (Å²) in [6, 6.07) is 2.15. The molecule has 56 valence electrons. The van der Waals surface area contributed by atoms with Gasteiger partial charge in [-0.05, 0) is 23.6 Å². The molecule has 1 aliphatic rings. The quantitative estimate of drug-likeness (QED) is 0.571. The number of aromatic nitrogens is 1. The topological polar surface area (TPSA) is 4.93 Å². The Balaban J connectivity index is 2.30. The van der Waals surface area contributed by atoms with Crippen LogP contribution >= 0.6 is 0 Å². The molecule has 0 saturated carbocycles. The van der Waals surface area contributed by atoms with Gasteiger partial charge < -0.3 is 4.57 Å². The van der Waals surface area contributed by atoms with Crippen molar-refractivity contribution in [3.05, 3.63) is 42.3 Å². The summed E-state index contributed by atoms with van der Waals surface area (Å²) in [5, 5.41) is 0. The van der Waals surface area contributed by atoms with E-state index in [1.165, 1.54) is 11.1 Å². The summed E-state index contributed by atoms with van der Waals surface area (Å²) in [6.07, 6.45) is 11.8. The normalized spacial score (nSPS) is 15.5. The Labute approximate surface area is 66.7 Å². The number of rotatable bonds is 1. The van der Waals surface area contributed by atoms with Crippen LogP contribution in [0.3, 0.4) is 0 Å². The van der Waals surface area contributed by atoms with Gasteiger partial charge in [0, 0.05) is 19.4 Å². The monoisotopic (exact) mass is 145 g/mol. The Hall–Kier alpha value is -1.24. The molecular formula is C10H11N. The molecule has 0 radical (unpaired) electrons. The van der Waals surface area contributed by atoms with Crippen LogP contribution in [0.25, 0.3) is 5.57 Å². The van der Waals surface area contributed by atoms with Crippen molar-refractivity contribution in [3.63, 3.8) is 0 Å². The fourth-order valence-corrected chi connectivity index (χ4v) is 1.35. The molecule has 0 aromatic carbocycles. The molecule has 0 amide bonds. The van der Waals surface area contributed by atoms with Crippen LogP contribution < -0.4 is 0 Å². The van der Waals surface area contributed by atoms with Crippen LogP contribution in [0.15, 0.2) is 36.7 Å². The van der Waals surface area contributed by atoms with Crippen molar-refractivity contribution in [1.29, 1.82) is 0 Å². The van der Waals surface area contributed by atoms with E-state index >= 15 is 0 Å². The second-order valence-electron chi connectivity index (χ2n) is 2.89. The first-order valence-electron chi connectivity index (χ1n) is 3.84. The van der Waals surface area contributed by atoms with Crippen LogP contribution in [0.1, 0.15) is 12.0 Å². The third kappa shape index (κ3) is 1.14. The lowest BCUT2D eigenvalue weighted by Gasteiger charge is -1.94. The van der Waals surface area contributed by atoms with Crippen molar-refractivity contribution in [1.82, 2.24) is 4.57 Å². The molecule has 1 nitrogen and oxygen atoms in total. The fraction of sp³-hybridized carbons (Fsp3) is 0.200. The van der Waals surface area contributed by atoms with E-state index in [-0.39, 0.29) is 0 Å². The van der Waals surface area contributed by atoms with E-state index in [4.69, 9.17) is 0 Å². The van der Waals surface area contributed by atoms with E-state index in [0.29, 0.717) is 0 Å². The van der Waals surface area contributed by atoms with Crippen molar-refractivity contribution >= 4 is 5.57 Å². The van der Waals surface area contributed by atoms with E-state index in [1.54, 1.807) is 0 Å². The van der Waals surface area contributed by atoms with Gasteiger partial charge in [-0.1, -0.05) is 18.2 Å². The van der Waals surface area contributed by atoms with Crippen LogP contribution in [-0.4, -0.2) is 4.57 Å². The molecule has 11 heavy (non-hydrogen) atoms. The average molecular weight is 145 g/mol. The van der Waals surface area contributed by atoms with E-state index < -0.39 is 0 Å². The Kier molecular flexibility index (Phi) is 1.42. The number of allylic oxidation sites excluding steroid dienone is 4. The van der Waals surface area contributed by atoms with E-state index in [1.807, 2.05) is 7.05 Å². The molecule has 0 saturated heterocycles. The summed E-state index contributed by atoms with van der Waals surface area (Å²) in [5.74, 6) is 0. The summed E-state index contributed by atoms with van der Waals surface area (Å²) >= 11 is 0. The zero-order valence-electron chi connectivity index (χ0n) is 6.62. The summed E-state index contributed by atoms with van der Waals surface area (Å²) < 4.78 is 2.08. The molecule has 0 aliphatic heterocycles. The van der Waals surface area contributed by atoms with Crippen molar-refractivity contribution in [3.8, 4) is 0 Å². The van der Waals surface area contributed by atoms with Gasteiger partial charge >= 0.3 is 0 Å². The number of aryl methyl sites for hydroxylation is 1. The smallest absolute Gasteiger partial charge is 0.0107 e. The maximum atomic E-state index is 2.18. The zero-order chi connectivity index (χ0) is 7.68. The third-order valence-electron chi connectivity index (χ3n) is 1.97. The molecular weight excluding hydrogens is 134 g/mol. The standard InChI is InChI=1S/C10H11N/c1-11-7-6-10(8-11)9-4-2-3-5-9/h2-4,6-8H,5H2,1H3. The van der Waals surface area contributed by atoms with Crippen molar-refractivity contribution in [2.45, 2.75) is 6.42 Å². The van der Waals surface area contributed by atoms with Gasteiger partial charge in [0.25, 0.3) is 0 Å². The molecule has 1 aromatic heterocycles. The summed E-state index contributed by atoms with van der Waals surface area (Å²) in [5.41, 5.74) is 2.77. The predicted octanol–water partition coefficient (Wildman–Crippen LogP) is 2.37. The van der Waals surface area contributed by atoms with Crippen molar-refractivity contribution < 1.29 is 0 Å². The van der Waals surface area contributed by atoms with Crippen LogP contribution in [-0.2, 0) is 7.05 Å². The maximum absolute atomic E-state index is 2.18. The zero-order valence-corrected chi connectivity index (χ0v) is 6.62. The number of hydrogen-bond donors (Lipinski definition) is 0. The van der Waals surface area contributed by atoms with Gasteiger partial charge in [0.2, 0.25) is 0 Å². The minimum absolute atomic E-state index is 1.09. The van der Waals surface area contributed by atoms with Crippen LogP contribution in [0, 0.1) is 0 Å². The largest absolute Gasteiger partial charge is 0.357 e. The van der Waals surface area contributed by atoms with Gasteiger partial charge in [-0.2, -0.15) is 0 Å². The Morgan fingerprint density at radius 2 is 2.36 bits per heavy atom. The first-order chi connectivity index (χ1) is 5.36. The van der Waals surface area contributed by atoms with Crippen LogP contribution in [0.4, 0.5) is 0 Å².